The highest BCUT2D eigenvalue weighted by Crippen LogP contribution is 2.61. The van der Waals surface area contributed by atoms with Gasteiger partial charge >= 0.3 is 0 Å². The number of hydrogen-bond acceptors (Lipinski definition) is 2. The van der Waals surface area contributed by atoms with Gasteiger partial charge in [0.1, 0.15) is 0 Å². The third-order valence-electron chi connectivity index (χ3n) is 16.3. The van der Waals surface area contributed by atoms with Gasteiger partial charge in [-0.1, -0.05) is 113 Å². The molecule has 0 radical (unpaired) electrons. The second kappa shape index (κ2) is 14.1. The van der Waals surface area contributed by atoms with E-state index in [1.165, 1.54) is 122 Å². The molecule has 14 rings (SSSR count). The quantitative estimate of drug-likeness (QED) is 0.174. The molecule has 4 atom stereocenters. The predicted molar refractivity (Wildman–Crippen MR) is 276 cm³/mol. The molecular weight excluding hydrogens is 801 g/mol. The Labute approximate surface area is 385 Å². The van der Waals surface area contributed by atoms with Gasteiger partial charge < -0.3 is 9.13 Å². The number of para-hydroxylation sites is 2. The van der Waals surface area contributed by atoms with Crippen molar-refractivity contribution in [2.75, 3.05) is 6.54 Å². The predicted octanol–water partition coefficient (Wildman–Crippen LogP) is 16.0. The Hall–Kier alpha value is -7.30. The summed E-state index contributed by atoms with van der Waals surface area (Å²) in [6.07, 6.45) is 9.84. The number of dihydropyridines is 1. The first-order valence-electron chi connectivity index (χ1n) is 24.1. The van der Waals surface area contributed by atoms with Crippen molar-refractivity contribution in [3.05, 3.63) is 197 Å². The summed E-state index contributed by atoms with van der Waals surface area (Å²) in [7, 11) is 0. The van der Waals surface area contributed by atoms with E-state index in [0.29, 0.717) is 0 Å². The van der Waals surface area contributed by atoms with Crippen LogP contribution in [0.25, 0.3) is 88.1 Å². The smallest absolute Gasteiger partial charge is 0.0780 e. The summed E-state index contributed by atoms with van der Waals surface area (Å²) in [6.45, 7) is 10.9. The van der Waals surface area contributed by atoms with E-state index in [2.05, 4.69) is 189 Å². The first-order valence-corrected chi connectivity index (χ1v) is 24.1. The maximum Gasteiger partial charge on any atom is 0.0780 e. The summed E-state index contributed by atoms with van der Waals surface area (Å²) in [5, 5.41) is 7.68. The van der Waals surface area contributed by atoms with E-state index in [0.717, 1.165) is 37.1 Å². The zero-order valence-electron chi connectivity index (χ0n) is 37.9. The van der Waals surface area contributed by atoms with E-state index in [4.69, 9.17) is 9.98 Å². The fourth-order valence-corrected chi connectivity index (χ4v) is 12.9. The Morgan fingerprint density at radius 3 is 1.73 bits per heavy atom. The highest BCUT2D eigenvalue weighted by molar-refractivity contribution is 6.20. The van der Waals surface area contributed by atoms with E-state index in [1.807, 2.05) is 6.20 Å². The van der Waals surface area contributed by atoms with Gasteiger partial charge in [-0.25, -0.2) is 0 Å². The highest BCUT2D eigenvalue weighted by Gasteiger charge is 2.42. The summed E-state index contributed by atoms with van der Waals surface area (Å²) in [5.41, 5.74) is 24.0. The van der Waals surface area contributed by atoms with Gasteiger partial charge in [0.05, 0.1) is 33.5 Å². The van der Waals surface area contributed by atoms with Crippen LogP contribution in [0.4, 0.5) is 0 Å². The van der Waals surface area contributed by atoms with E-state index >= 15 is 0 Å². The van der Waals surface area contributed by atoms with Crippen molar-refractivity contribution in [3.8, 4) is 33.8 Å². The largest absolute Gasteiger partial charge is 0.309 e. The van der Waals surface area contributed by atoms with Gasteiger partial charge in [-0.05, 0) is 160 Å². The molecule has 4 aliphatic rings. The Morgan fingerprint density at radius 2 is 1.09 bits per heavy atom. The molecule has 318 valence electrons. The first-order chi connectivity index (χ1) is 32.4. The minimum absolute atomic E-state index is 0.270. The lowest BCUT2D eigenvalue weighted by atomic mass is 9.62. The number of fused-ring (bicyclic) bond motifs is 9. The number of allylic oxidation sites excluding steroid dienone is 3. The number of rotatable bonds is 4. The van der Waals surface area contributed by atoms with Crippen LogP contribution in [-0.2, 0) is 0 Å². The van der Waals surface area contributed by atoms with Crippen molar-refractivity contribution in [1.82, 2.24) is 14.1 Å². The van der Waals surface area contributed by atoms with E-state index < -0.39 is 0 Å². The molecule has 3 aliphatic carbocycles. The Kier molecular flexibility index (Phi) is 8.12. The molecule has 7 aromatic carbocycles. The zero-order chi connectivity index (χ0) is 43.9. The number of aliphatic imine (C=N–C) groups is 1. The van der Waals surface area contributed by atoms with Crippen molar-refractivity contribution in [2.24, 2.45) is 4.99 Å². The van der Waals surface area contributed by atoms with E-state index in [-0.39, 0.29) is 23.7 Å². The second-order valence-corrected chi connectivity index (χ2v) is 19.6. The van der Waals surface area contributed by atoms with Crippen LogP contribution in [0.2, 0.25) is 0 Å². The summed E-state index contributed by atoms with van der Waals surface area (Å²) >= 11 is 0. The molecule has 0 spiro atoms. The van der Waals surface area contributed by atoms with Gasteiger partial charge in [-0.3, -0.25) is 9.98 Å². The molecule has 4 heteroatoms. The van der Waals surface area contributed by atoms with Crippen LogP contribution in [-0.4, -0.2) is 26.4 Å². The van der Waals surface area contributed by atoms with Gasteiger partial charge in [0.25, 0.3) is 0 Å². The normalized spacial score (nSPS) is 19.8. The van der Waals surface area contributed by atoms with Crippen LogP contribution in [0.3, 0.4) is 0 Å². The molecule has 4 nitrogen and oxygen atoms in total. The Bertz CT molecular complexity index is 3810. The SMILES string of the molecule is CC1c2cc3c4cc(-c5nccc6ccccc56)ccc4n(-c4ccccc4)c3c3c2-c2c(cc4c5cc(C6=NCCC7=C6CCC=C7)ccc5n(-c5ccccc5)c4c2C1C)C(C)C3C. The molecule has 10 aromatic rings. The molecule has 0 bridgehead atoms. The third kappa shape index (κ3) is 5.16. The van der Waals surface area contributed by atoms with Crippen molar-refractivity contribution in [3.63, 3.8) is 0 Å². The van der Waals surface area contributed by atoms with Crippen LogP contribution in [0.5, 0.6) is 0 Å². The number of benzene rings is 7. The van der Waals surface area contributed by atoms with Crippen LogP contribution in [0, 0.1) is 0 Å². The standard InChI is InChI=1S/C62H50N4/c1-35-37(3)55-58-48(34-52-50-32-42(60-46-22-14-12-16-40(46)28-30-64-60)24-26-54(50)65(61(52)55)43-17-7-5-8-18-43)36(2)38(4)56-57(58)47(35)33-51-49-31-41(59-45-21-13-11-15-39(45)27-29-63-59)23-25-53(49)66(62(51)56)44-19-9-6-10-20-44/h5-13,15-21,23-27,29,31-38H,14,22,28,30H2,1-4H3. The first kappa shape index (κ1) is 38.0. The highest BCUT2D eigenvalue weighted by atomic mass is 15.0. The molecule has 0 saturated carbocycles. The lowest BCUT2D eigenvalue weighted by molar-refractivity contribution is 0.584. The topological polar surface area (TPSA) is 35.1 Å². The van der Waals surface area contributed by atoms with E-state index in [1.54, 1.807) is 0 Å². The van der Waals surface area contributed by atoms with Gasteiger partial charge in [-0.2, -0.15) is 0 Å². The summed E-state index contributed by atoms with van der Waals surface area (Å²) < 4.78 is 5.18. The fraction of sp³-hybridized carbons (Fsp3) is 0.194. The van der Waals surface area contributed by atoms with Gasteiger partial charge in [-0.15, -0.1) is 0 Å². The minimum atomic E-state index is 0.270. The van der Waals surface area contributed by atoms with Crippen LogP contribution in [0.1, 0.15) is 98.4 Å². The molecule has 4 heterocycles. The molecule has 0 N–H and O–H groups in total. The Balaban J connectivity index is 1.09. The summed E-state index contributed by atoms with van der Waals surface area (Å²) in [6, 6.07) is 52.4. The van der Waals surface area contributed by atoms with Crippen LogP contribution in [0.15, 0.2) is 174 Å². The maximum absolute atomic E-state index is 5.23. The second-order valence-electron chi connectivity index (χ2n) is 19.6. The molecular formula is C62H50N4. The van der Waals surface area contributed by atoms with Crippen molar-refractivity contribution < 1.29 is 0 Å². The maximum atomic E-state index is 5.23. The van der Waals surface area contributed by atoms with Crippen molar-refractivity contribution in [2.45, 2.75) is 70.6 Å². The molecule has 0 fully saturated rings. The monoisotopic (exact) mass is 850 g/mol. The molecule has 3 aromatic heterocycles. The van der Waals surface area contributed by atoms with Crippen molar-refractivity contribution >= 4 is 60.1 Å². The number of nitrogens with zero attached hydrogens (tertiary/aromatic N) is 4. The number of aromatic nitrogens is 3. The summed E-state index contributed by atoms with van der Waals surface area (Å²) in [5.74, 6) is 1.11. The van der Waals surface area contributed by atoms with Gasteiger partial charge in [0, 0.05) is 62.2 Å². The fourth-order valence-electron chi connectivity index (χ4n) is 12.9. The van der Waals surface area contributed by atoms with Gasteiger partial charge in [0.15, 0.2) is 0 Å². The van der Waals surface area contributed by atoms with Crippen LogP contribution >= 0.6 is 0 Å². The summed E-state index contributed by atoms with van der Waals surface area (Å²) in [4.78, 5) is 10.2. The minimum Gasteiger partial charge on any atom is -0.309 e. The number of hydrogen-bond donors (Lipinski definition) is 0. The average molecular weight is 851 g/mol. The molecule has 4 unspecified atom stereocenters. The van der Waals surface area contributed by atoms with Crippen molar-refractivity contribution in [1.29, 1.82) is 0 Å². The molecule has 1 aliphatic heterocycles. The van der Waals surface area contributed by atoms with Crippen LogP contribution < -0.4 is 0 Å². The molecule has 0 amide bonds. The molecule has 66 heavy (non-hydrogen) atoms. The van der Waals surface area contributed by atoms with Gasteiger partial charge in [0.2, 0.25) is 0 Å². The molecule has 0 saturated heterocycles. The van der Waals surface area contributed by atoms with E-state index in [9.17, 15) is 0 Å². The third-order valence-corrected chi connectivity index (χ3v) is 16.3. The number of pyridine rings is 1. The average Bonchev–Trinajstić information content (AvgIpc) is 3.88. The zero-order valence-corrected chi connectivity index (χ0v) is 37.9. The lowest BCUT2D eigenvalue weighted by Crippen LogP contribution is -2.24. The lowest BCUT2D eigenvalue weighted by Gasteiger charge is -2.42. The Morgan fingerprint density at radius 1 is 0.515 bits per heavy atom.